The van der Waals surface area contributed by atoms with Gasteiger partial charge in [0.2, 0.25) is 0 Å². The molecule has 0 bridgehead atoms. The lowest BCUT2D eigenvalue weighted by molar-refractivity contribution is 0.0628. The highest BCUT2D eigenvalue weighted by Crippen LogP contribution is 2.20. The lowest BCUT2D eigenvalue weighted by Gasteiger charge is -2.20. The molecule has 5 nitrogen and oxygen atoms in total. The minimum atomic E-state index is 0.225. The van der Waals surface area contributed by atoms with Gasteiger partial charge in [-0.15, -0.1) is 0 Å². The third-order valence-electron chi connectivity index (χ3n) is 4.40. The van der Waals surface area contributed by atoms with E-state index in [2.05, 4.69) is 40.4 Å². The predicted molar refractivity (Wildman–Crippen MR) is 93.9 cm³/mol. The Kier molecular flexibility index (Phi) is 5.53. The van der Waals surface area contributed by atoms with Crippen molar-refractivity contribution in [3.63, 3.8) is 0 Å². The van der Waals surface area contributed by atoms with Crippen molar-refractivity contribution < 1.29 is 9.47 Å². The average molecular weight is 329 g/mol. The Bertz CT molecular complexity index is 649. The van der Waals surface area contributed by atoms with Crippen molar-refractivity contribution in [2.75, 3.05) is 13.7 Å². The van der Waals surface area contributed by atoms with Gasteiger partial charge in [0.05, 0.1) is 37.5 Å². The summed E-state index contributed by atoms with van der Waals surface area (Å²) >= 11 is 0. The first-order valence-electron chi connectivity index (χ1n) is 8.65. The van der Waals surface area contributed by atoms with Gasteiger partial charge in [0.15, 0.2) is 0 Å². The van der Waals surface area contributed by atoms with Crippen molar-refractivity contribution in [3.8, 4) is 5.75 Å². The molecule has 24 heavy (non-hydrogen) atoms. The number of rotatable bonds is 6. The van der Waals surface area contributed by atoms with Crippen molar-refractivity contribution in [1.29, 1.82) is 0 Å². The summed E-state index contributed by atoms with van der Waals surface area (Å²) in [4.78, 5) is 7.06. The topological polar surface area (TPSA) is 39.5 Å². The molecule has 0 spiro atoms. The predicted octanol–water partition coefficient (Wildman–Crippen LogP) is 3.22. The number of aromatic nitrogens is 2. The normalized spacial score (nSPS) is 15.3. The van der Waals surface area contributed by atoms with Gasteiger partial charge in [0, 0.05) is 26.2 Å². The van der Waals surface area contributed by atoms with E-state index in [1.54, 1.807) is 7.11 Å². The third-order valence-corrected chi connectivity index (χ3v) is 4.40. The molecule has 0 unspecified atom stereocenters. The number of fused-ring (bicyclic) bond motifs is 1. The number of ether oxygens (including phenoxy) is 2. The number of imidazole rings is 1. The van der Waals surface area contributed by atoms with Crippen LogP contribution >= 0.6 is 0 Å². The Morgan fingerprint density at radius 2 is 1.96 bits per heavy atom. The van der Waals surface area contributed by atoms with Crippen LogP contribution in [0.4, 0.5) is 0 Å². The Hall–Kier alpha value is -1.85. The number of aryl methyl sites for hydroxylation is 1. The summed E-state index contributed by atoms with van der Waals surface area (Å²) in [6, 6.07) is 8.34. The molecule has 0 saturated carbocycles. The average Bonchev–Trinajstić information content (AvgIpc) is 2.84. The van der Waals surface area contributed by atoms with Gasteiger partial charge in [-0.05, 0) is 38.0 Å². The Morgan fingerprint density at radius 3 is 2.67 bits per heavy atom. The van der Waals surface area contributed by atoms with Gasteiger partial charge in [-0.3, -0.25) is 4.90 Å². The molecule has 0 aliphatic carbocycles. The summed E-state index contributed by atoms with van der Waals surface area (Å²) in [7, 11) is 1.70. The summed E-state index contributed by atoms with van der Waals surface area (Å²) in [5.41, 5.74) is 3.68. The molecule has 0 saturated heterocycles. The van der Waals surface area contributed by atoms with Crippen molar-refractivity contribution in [3.05, 3.63) is 47.5 Å². The van der Waals surface area contributed by atoms with E-state index < -0.39 is 0 Å². The van der Waals surface area contributed by atoms with Gasteiger partial charge in [0.1, 0.15) is 5.75 Å². The first kappa shape index (κ1) is 17.0. The molecule has 0 amide bonds. The van der Waals surface area contributed by atoms with Crippen LogP contribution < -0.4 is 4.74 Å². The third kappa shape index (κ3) is 4.16. The number of nitrogens with zero attached hydrogens (tertiary/aromatic N) is 3. The Balaban J connectivity index is 1.69. The second-order valence-corrected chi connectivity index (χ2v) is 6.60. The first-order chi connectivity index (χ1) is 11.7. The van der Waals surface area contributed by atoms with Crippen LogP contribution in [0, 0.1) is 0 Å². The van der Waals surface area contributed by atoms with E-state index in [9.17, 15) is 0 Å². The van der Waals surface area contributed by atoms with Crippen LogP contribution in [0.1, 0.15) is 37.2 Å². The maximum Gasteiger partial charge on any atom is 0.118 e. The monoisotopic (exact) mass is 329 g/mol. The number of hydrogen-bond donors (Lipinski definition) is 0. The van der Waals surface area contributed by atoms with Gasteiger partial charge >= 0.3 is 0 Å². The quantitative estimate of drug-likeness (QED) is 0.816. The fourth-order valence-corrected chi connectivity index (χ4v) is 3.07. The maximum absolute atomic E-state index is 5.76. The molecular weight excluding hydrogens is 302 g/mol. The molecule has 0 atom stereocenters. The molecule has 1 aromatic carbocycles. The van der Waals surface area contributed by atoms with Crippen LogP contribution in [-0.4, -0.2) is 34.2 Å². The lowest BCUT2D eigenvalue weighted by atomic mass is 10.2. The summed E-state index contributed by atoms with van der Waals surface area (Å²) < 4.78 is 13.3. The van der Waals surface area contributed by atoms with Crippen molar-refractivity contribution in [2.24, 2.45) is 0 Å². The molecule has 0 radical (unpaired) electrons. The zero-order valence-electron chi connectivity index (χ0n) is 14.9. The van der Waals surface area contributed by atoms with E-state index in [0.717, 1.165) is 44.0 Å². The fourth-order valence-electron chi connectivity index (χ4n) is 3.07. The highest BCUT2D eigenvalue weighted by atomic mass is 16.5. The van der Waals surface area contributed by atoms with E-state index in [4.69, 9.17) is 9.47 Å². The summed E-state index contributed by atoms with van der Waals surface area (Å²) in [6.07, 6.45) is 3.33. The molecule has 130 valence electrons. The first-order valence-corrected chi connectivity index (χ1v) is 8.65. The highest BCUT2D eigenvalue weighted by Gasteiger charge is 2.19. The summed E-state index contributed by atoms with van der Waals surface area (Å²) in [5.74, 6) is 0.904. The van der Waals surface area contributed by atoms with Crippen molar-refractivity contribution in [1.82, 2.24) is 14.5 Å². The van der Waals surface area contributed by atoms with E-state index in [-0.39, 0.29) is 6.10 Å². The van der Waals surface area contributed by atoms with E-state index in [1.165, 1.54) is 11.3 Å². The van der Waals surface area contributed by atoms with Crippen LogP contribution in [0.25, 0.3) is 0 Å². The van der Waals surface area contributed by atoms with Crippen LogP contribution in [0.15, 0.2) is 30.6 Å². The minimum absolute atomic E-state index is 0.225. The molecular formula is C19H27N3O2. The van der Waals surface area contributed by atoms with E-state index >= 15 is 0 Å². The number of hydrogen-bond acceptors (Lipinski definition) is 4. The molecule has 5 heteroatoms. The molecule has 0 N–H and O–H groups in total. The van der Waals surface area contributed by atoms with Crippen LogP contribution in [0.5, 0.6) is 5.75 Å². The number of methoxy groups -OCH3 is 1. The fraction of sp³-hybridized carbons (Fsp3) is 0.526. The smallest absolute Gasteiger partial charge is 0.118 e. The zero-order chi connectivity index (χ0) is 16.9. The van der Waals surface area contributed by atoms with Crippen LogP contribution in [0.2, 0.25) is 0 Å². The Labute approximate surface area is 144 Å². The molecule has 1 aromatic heterocycles. The standard InChI is InChI=1S/C19H27N3O2/c1-15(2)24-13-18-19-12-21(9-4-10-22(19)14-20-18)11-16-5-7-17(23-3)8-6-16/h5-8,14-15H,4,9-13H2,1-3H3. The van der Waals surface area contributed by atoms with Gasteiger partial charge in [-0.25, -0.2) is 4.98 Å². The van der Waals surface area contributed by atoms with E-state index in [1.807, 2.05) is 18.5 Å². The van der Waals surface area contributed by atoms with Gasteiger partial charge in [-0.1, -0.05) is 12.1 Å². The molecule has 2 aromatic rings. The van der Waals surface area contributed by atoms with Gasteiger partial charge in [0.25, 0.3) is 0 Å². The number of benzene rings is 1. The molecule has 3 rings (SSSR count). The molecule has 1 aliphatic heterocycles. The summed E-state index contributed by atoms with van der Waals surface area (Å²) in [5, 5.41) is 0. The van der Waals surface area contributed by atoms with Crippen molar-refractivity contribution >= 4 is 0 Å². The van der Waals surface area contributed by atoms with Crippen molar-refractivity contribution in [2.45, 2.75) is 52.6 Å². The molecule has 0 fully saturated rings. The molecule has 1 aliphatic rings. The minimum Gasteiger partial charge on any atom is -0.497 e. The lowest BCUT2D eigenvalue weighted by Crippen LogP contribution is -2.23. The Morgan fingerprint density at radius 1 is 1.17 bits per heavy atom. The highest BCUT2D eigenvalue weighted by molar-refractivity contribution is 5.27. The van der Waals surface area contributed by atoms with Gasteiger partial charge in [-0.2, -0.15) is 0 Å². The molecule has 2 heterocycles. The SMILES string of the molecule is COc1ccc(CN2CCCn3cnc(COC(C)C)c3C2)cc1. The second kappa shape index (κ2) is 7.81. The van der Waals surface area contributed by atoms with Gasteiger partial charge < -0.3 is 14.0 Å². The van der Waals surface area contributed by atoms with E-state index in [0.29, 0.717) is 6.61 Å². The van der Waals surface area contributed by atoms with Crippen LogP contribution in [-0.2, 0) is 31.0 Å². The largest absolute Gasteiger partial charge is 0.497 e. The van der Waals surface area contributed by atoms with Crippen LogP contribution in [0.3, 0.4) is 0 Å². The summed E-state index contributed by atoms with van der Waals surface area (Å²) in [6.45, 7) is 8.70. The maximum atomic E-state index is 5.76. The zero-order valence-corrected chi connectivity index (χ0v) is 14.9. The second-order valence-electron chi connectivity index (χ2n) is 6.60.